The van der Waals surface area contributed by atoms with Crippen molar-refractivity contribution in [1.82, 2.24) is 24.7 Å². The van der Waals surface area contributed by atoms with E-state index < -0.39 is 0 Å². The molecular formula is C15H16N6. The van der Waals surface area contributed by atoms with Gasteiger partial charge in [-0.25, -0.2) is 9.97 Å². The molecule has 1 atom stereocenters. The van der Waals surface area contributed by atoms with Gasteiger partial charge in [0.2, 0.25) is 0 Å². The van der Waals surface area contributed by atoms with E-state index in [1.807, 2.05) is 23.1 Å². The zero-order valence-electron chi connectivity index (χ0n) is 11.8. The van der Waals surface area contributed by atoms with Crippen molar-refractivity contribution in [1.29, 1.82) is 5.26 Å². The minimum Gasteiger partial charge on any atom is -0.346 e. The molecule has 0 amide bonds. The van der Waals surface area contributed by atoms with E-state index in [2.05, 4.69) is 33.0 Å². The maximum atomic E-state index is 8.95. The van der Waals surface area contributed by atoms with E-state index in [1.54, 1.807) is 12.5 Å². The molecule has 0 aliphatic heterocycles. The van der Waals surface area contributed by atoms with Crippen LogP contribution in [-0.4, -0.2) is 24.7 Å². The fraction of sp³-hybridized carbons (Fsp3) is 0.333. The standard InChI is InChI=1S/C15H16N6/c1-2-3-12(4-6-16)21-9-11(8-20-21)14-13-5-7-17-15(13)19-10-18-14/h5,7-10,12H,2-4H2,1H3,(H,17,18,19)/t12-/m1/s1. The van der Waals surface area contributed by atoms with Gasteiger partial charge in [-0.2, -0.15) is 10.4 Å². The number of hydrogen-bond donors (Lipinski definition) is 1. The molecule has 3 aromatic heterocycles. The van der Waals surface area contributed by atoms with Crippen LogP contribution in [0.4, 0.5) is 0 Å². The fourth-order valence-corrected chi connectivity index (χ4v) is 2.53. The molecule has 6 heteroatoms. The second-order valence-electron chi connectivity index (χ2n) is 4.98. The summed E-state index contributed by atoms with van der Waals surface area (Å²) in [5.41, 5.74) is 2.62. The molecule has 1 N–H and O–H groups in total. The van der Waals surface area contributed by atoms with Crippen LogP contribution in [0.1, 0.15) is 32.2 Å². The summed E-state index contributed by atoms with van der Waals surface area (Å²) < 4.78 is 1.88. The summed E-state index contributed by atoms with van der Waals surface area (Å²) in [6.45, 7) is 2.11. The third kappa shape index (κ3) is 2.50. The highest BCUT2D eigenvalue weighted by Gasteiger charge is 2.14. The molecule has 0 aliphatic carbocycles. The molecule has 0 fully saturated rings. The quantitative estimate of drug-likeness (QED) is 0.778. The summed E-state index contributed by atoms with van der Waals surface area (Å²) in [6.07, 6.45) is 9.60. The van der Waals surface area contributed by atoms with Crippen LogP contribution in [0.5, 0.6) is 0 Å². The number of rotatable bonds is 5. The van der Waals surface area contributed by atoms with Crippen LogP contribution in [0, 0.1) is 11.3 Å². The SMILES string of the molecule is CCC[C@H](CC#N)n1cc(-c2ncnc3[nH]ccc23)cn1. The van der Waals surface area contributed by atoms with Crippen LogP contribution < -0.4 is 0 Å². The normalized spacial score (nSPS) is 12.4. The highest BCUT2D eigenvalue weighted by Crippen LogP contribution is 2.26. The molecule has 0 bridgehead atoms. The Bertz CT molecular complexity index is 779. The summed E-state index contributed by atoms with van der Waals surface area (Å²) in [5.74, 6) is 0. The number of aromatic amines is 1. The Morgan fingerprint density at radius 1 is 1.43 bits per heavy atom. The van der Waals surface area contributed by atoms with Crippen molar-refractivity contribution in [2.45, 2.75) is 32.2 Å². The Morgan fingerprint density at radius 3 is 3.14 bits per heavy atom. The molecule has 3 aromatic rings. The third-order valence-electron chi connectivity index (χ3n) is 3.55. The summed E-state index contributed by atoms with van der Waals surface area (Å²) in [6, 6.07) is 4.32. The topological polar surface area (TPSA) is 83.2 Å². The van der Waals surface area contributed by atoms with Crippen molar-refractivity contribution in [3.8, 4) is 17.3 Å². The Morgan fingerprint density at radius 2 is 2.33 bits per heavy atom. The molecule has 3 heterocycles. The van der Waals surface area contributed by atoms with Gasteiger partial charge in [0.25, 0.3) is 0 Å². The maximum absolute atomic E-state index is 8.95. The van der Waals surface area contributed by atoms with Crippen molar-refractivity contribution in [2.75, 3.05) is 0 Å². The first-order chi connectivity index (χ1) is 10.3. The number of H-pyrrole nitrogens is 1. The monoisotopic (exact) mass is 280 g/mol. The van der Waals surface area contributed by atoms with Gasteiger partial charge in [-0.3, -0.25) is 4.68 Å². The summed E-state index contributed by atoms with van der Waals surface area (Å²) in [4.78, 5) is 11.6. The molecular weight excluding hydrogens is 264 g/mol. The first kappa shape index (κ1) is 13.3. The molecule has 3 rings (SSSR count). The highest BCUT2D eigenvalue weighted by atomic mass is 15.3. The number of aromatic nitrogens is 5. The Labute approximate surface area is 122 Å². The lowest BCUT2D eigenvalue weighted by Crippen LogP contribution is -2.08. The Balaban J connectivity index is 1.98. The smallest absolute Gasteiger partial charge is 0.141 e. The van der Waals surface area contributed by atoms with E-state index in [-0.39, 0.29) is 6.04 Å². The molecule has 0 unspecified atom stereocenters. The second-order valence-corrected chi connectivity index (χ2v) is 4.98. The van der Waals surface area contributed by atoms with Gasteiger partial charge in [-0.05, 0) is 12.5 Å². The van der Waals surface area contributed by atoms with E-state index >= 15 is 0 Å². The van der Waals surface area contributed by atoms with E-state index in [4.69, 9.17) is 5.26 Å². The molecule has 0 spiro atoms. The van der Waals surface area contributed by atoms with Gasteiger partial charge in [0.05, 0.1) is 30.4 Å². The van der Waals surface area contributed by atoms with Gasteiger partial charge >= 0.3 is 0 Å². The molecule has 6 nitrogen and oxygen atoms in total. The fourth-order valence-electron chi connectivity index (χ4n) is 2.53. The van der Waals surface area contributed by atoms with Crippen molar-refractivity contribution >= 4 is 11.0 Å². The molecule has 0 radical (unpaired) electrons. The largest absolute Gasteiger partial charge is 0.346 e. The number of nitrogens with one attached hydrogen (secondary N) is 1. The first-order valence-electron chi connectivity index (χ1n) is 7.03. The predicted molar refractivity (Wildman–Crippen MR) is 79.3 cm³/mol. The van der Waals surface area contributed by atoms with Crippen LogP contribution in [-0.2, 0) is 0 Å². The van der Waals surface area contributed by atoms with Crippen molar-refractivity contribution in [3.63, 3.8) is 0 Å². The molecule has 21 heavy (non-hydrogen) atoms. The maximum Gasteiger partial charge on any atom is 0.141 e. The van der Waals surface area contributed by atoms with Gasteiger partial charge in [0.1, 0.15) is 12.0 Å². The number of nitriles is 1. The van der Waals surface area contributed by atoms with Crippen molar-refractivity contribution in [2.24, 2.45) is 0 Å². The van der Waals surface area contributed by atoms with E-state index in [1.165, 1.54) is 0 Å². The molecule has 0 aromatic carbocycles. The molecule has 0 saturated heterocycles. The summed E-state index contributed by atoms with van der Waals surface area (Å²) in [7, 11) is 0. The van der Waals surface area contributed by atoms with Crippen molar-refractivity contribution < 1.29 is 0 Å². The average molecular weight is 280 g/mol. The molecule has 106 valence electrons. The summed E-state index contributed by atoms with van der Waals surface area (Å²) in [5, 5.41) is 14.3. The minimum absolute atomic E-state index is 0.123. The molecule has 0 aliphatic rings. The number of fused-ring (bicyclic) bond motifs is 1. The van der Waals surface area contributed by atoms with Crippen LogP contribution >= 0.6 is 0 Å². The van der Waals surface area contributed by atoms with Gasteiger partial charge in [0, 0.05) is 23.3 Å². The van der Waals surface area contributed by atoms with Crippen LogP contribution in [0.15, 0.2) is 31.0 Å². The van der Waals surface area contributed by atoms with Gasteiger partial charge in [-0.1, -0.05) is 13.3 Å². The van der Waals surface area contributed by atoms with Crippen LogP contribution in [0.25, 0.3) is 22.3 Å². The van der Waals surface area contributed by atoms with Crippen LogP contribution in [0.3, 0.4) is 0 Å². The lowest BCUT2D eigenvalue weighted by atomic mass is 10.1. The van der Waals surface area contributed by atoms with Crippen molar-refractivity contribution in [3.05, 3.63) is 31.0 Å². The zero-order chi connectivity index (χ0) is 14.7. The van der Waals surface area contributed by atoms with E-state index in [0.29, 0.717) is 6.42 Å². The first-order valence-corrected chi connectivity index (χ1v) is 7.03. The van der Waals surface area contributed by atoms with E-state index in [0.717, 1.165) is 35.1 Å². The predicted octanol–water partition coefficient (Wildman–Crippen LogP) is 3.08. The molecule has 0 saturated carbocycles. The zero-order valence-corrected chi connectivity index (χ0v) is 11.8. The average Bonchev–Trinajstić information content (AvgIpc) is 3.15. The number of nitrogens with zero attached hydrogens (tertiary/aromatic N) is 5. The Hall–Kier alpha value is -2.68. The lowest BCUT2D eigenvalue weighted by molar-refractivity contribution is 0.428. The third-order valence-corrected chi connectivity index (χ3v) is 3.55. The van der Waals surface area contributed by atoms with Gasteiger partial charge in [-0.15, -0.1) is 0 Å². The van der Waals surface area contributed by atoms with Gasteiger partial charge in [0.15, 0.2) is 0 Å². The lowest BCUT2D eigenvalue weighted by Gasteiger charge is -2.12. The Kier molecular flexibility index (Phi) is 3.65. The minimum atomic E-state index is 0.123. The van der Waals surface area contributed by atoms with E-state index in [9.17, 15) is 0 Å². The summed E-state index contributed by atoms with van der Waals surface area (Å²) >= 11 is 0. The number of hydrogen-bond acceptors (Lipinski definition) is 4. The van der Waals surface area contributed by atoms with Gasteiger partial charge < -0.3 is 4.98 Å². The highest BCUT2D eigenvalue weighted by molar-refractivity contribution is 5.89. The second kappa shape index (κ2) is 5.75. The van der Waals surface area contributed by atoms with Crippen LogP contribution in [0.2, 0.25) is 0 Å².